The molecule has 3 aromatic rings. The molecule has 1 unspecified atom stereocenters. The van der Waals surface area contributed by atoms with Crippen molar-refractivity contribution in [3.8, 4) is 0 Å². The summed E-state index contributed by atoms with van der Waals surface area (Å²) in [6.07, 6.45) is 0.538. The maximum absolute atomic E-state index is 13.7. The molecule has 0 radical (unpaired) electrons. The molecule has 36 heavy (non-hydrogen) atoms. The molecule has 1 heterocycles. The zero-order chi connectivity index (χ0) is 25.9. The number of likely N-dealkylation sites (N-methyl/N-ethyl adjacent to an activating group) is 1. The van der Waals surface area contributed by atoms with Gasteiger partial charge in [0.1, 0.15) is 5.82 Å². The van der Waals surface area contributed by atoms with E-state index in [1.165, 1.54) is 22.5 Å². The first-order valence-electron chi connectivity index (χ1n) is 12.2. The molecule has 1 atom stereocenters. The summed E-state index contributed by atoms with van der Waals surface area (Å²) in [4.78, 5) is 16.4. The molecule has 1 aliphatic heterocycles. The molecule has 1 fully saturated rings. The standard InChI is InChI=1S/C29H33FN2O2SSi/c1-29(2,3)36(24-11-7-5-8-12-24,25-13-9-6-10-14-25)34-20-19-26(22-15-17-23(30)18-16-22)32-27(33)21-31(4)28(32)35/h5-18,26H,19-21H2,1-4H3. The number of nitrogens with zero attached hydrogens (tertiary/aromatic N) is 2. The summed E-state index contributed by atoms with van der Waals surface area (Å²) < 4.78 is 20.8. The van der Waals surface area contributed by atoms with Gasteiger partial charge in [0.25, 0.3) is 8.32 Å². The molecule has 0 saturated carbocycles. The van der Waals surface area contributed by atoms with Crippen LogP contribution in [0.5, 0.6) is 0 Å². The molecule has 0 aliphatic carbocycles. The van der Waals surface area contributed by atoms with E-state index in [-0.39, 0.29) is 29.3 Å². The highest BCUT2D eigenvalue weighted by Gasteiger charge is 2.50. The Morgan fingerprint density at radius 2 is 1.47 bits per heavy atom. The average Bonchev–Trinajstić information content (AvgIpc) is 3.11. The van der Waals surface area contributed by atoms with E-state index in [9.17, 15) is 9.18 Å². The Balaban J connectivity index is 1.71. The van der Waals surface area contributed by atoms with Crippen molar-refractivity contribution in [1.29, 1.82) is 0 Å². The van der Waals surface area contributed by atoms with Gasteiger partial charge >= 0.3 is 0 Å². The molecule has 1 saturated heterocycles. The number of hydrogen-bond donors (Lipinski definition) is 0. The minimum atomic E-state index is -2.72. The van der Waals surface area contributed by atoms with Gasteiger partial charge in [-0.1, -0.05) is 93.6 Å². The third-order valence-corrected chi connectivity index (χ3v) is 12.4. The lowest BCUT2D eigenvalue weighted by Crippen LogP contribution is -2.66. The van der Waals surface area contributed by atoms with Gasteiger partial charge in [-0.25, -0.2) is 4.39 Å². The summed E-state index contributed by atoms with van der Waals surface area (Å²) in [7, 11) is -0.900. The highest BCUT2D eigenvalue weighted by molar-refractivity contribution is 7.80. The highest BCUT2D eigenvalue weighted by Crippen LogP contribution is 2.38. The zero-order valence-corrected chi connectivity index (χ0v) is 23.1. The fourth-order valence-corrected chi connectivity index (χ4v) is 10.0. The van der Waals surface area contributed by atoms with E-state index in [1.807, 2.05) is 19.2 Å². The monoisotopic (exact) mass is 520 g/mol. The van der Waals surface area contributed by atoms with Crippen molar-refractivity contribution in [3.63, 3.8) is 0 Å². The largest absolute Gasteiger partial charge is 0.407 e. The van der Waals surface area contributed by atoms with Crippen molar-refractivity contribution < 1.29 is 13.6 Å². The predicted octanol–water partition coefficient (Wildman–Crippen LogP) is 4.89. The molecule has 1 aliphatic rings. The molecule has 3 aromatic carbocycles. The summed E-state index contributed by atoms with van der Waals surface area (Å²) in [5.41, 5.74) is 0.841. The van der Waals surface area contributed by atoms with Gasteiger partial charge in [-0.05, 0) is 51.7 Å². The van der Waals surface area contributed by atoms with Gasteiger partial charge in [0.15, 0.2) is 5.11 Å². The van der Waals surface area contributed by atoms with E-state index < -0.39 is 8.32 Å². The second-order valence-corrected chi connectivity index (χ2v) is 14.9. The number of benzene rings is 3. The van der Waals surface area contributed by atoms with Gasteiger partial charge in [-0.15, -0.1) is 0 Å². The lowest BCUT2D eigenvalue weighted by molar-refractivity contribution is -0.126. The third kappa shape index (κ3) is 5.01. The van der Waals surface area contributed by atoms with Gasteiger partial charge in [-0.2, -0.15) is 0 Å². The number of amides is 1. The summed E-state index contributed by atoms with van der Waals surface area (Å²) in [5, 5.41) is 2.74. The third-order valence-electron chi connectivity index (χ3n) is 6.87. The van der Waals surface area contributed by atoms with Crippen LogP contribution in [0.1, 0.15) is 38.8 Å². The maximum atomic E-state index is 13.7. The summed E-state index contributed by atoms with van der Waals surface area (Å²) in [5.74, 6) is -0.365. The van der Waals surface area contributed by atoms with Gasteiger partial charge in [0.05, 0.1) is 12.6 Å². The van der Waals surface area contributed by atoms with Gasteiger partial charge in [0.2, 0.25) is 5.91 Å². The van der Waals surface area contributed by atoms with Gasteiger partial charge in [-0.3, -0.25) is 9.69 Å². The minimum absolute atomic E-state index is 0.0535. The Morgan fingerprint density at radius 1 is 0.944 bits per heavy atom. The van der Waals surface area contributed by atoms with Gasteiger partial charge in [0, 0.05) is 13.7 Å². The highest BCUT2D eigenvalue weighted by atomic mass is 32.1. The fourth-order valence-electron chi connectivity index (χ4n) is 5.16. The van der Waals surface area contributed by atoms with Crippen molar-refractivity contribution in [1.82, 2.24) is 9.80 Å². The Hall–Kier alpha value is -2.87. The van der Waals surface area contributed by atoms with Crippen molar-refractivity contribution in [3.05, 3.63) is 96.3 Å². The molecule has 4 nitrogen and oxygen atoms in total. The second kappa shape index (κ2) is 10.6. The number of carbonyl (C=O) groups is 1. The van der Waals surface area contributed by atoms with Crippen LogP contribution in [0.15, 0.2) is 84.9 Å². The first-order valence-corrected chi connectivity index (χ1v) is 14.5. The van der Waals surface area contributed by atoms with Crippen molar-refractivity contribution in [2.75, 3.05) is 20.2 Å². The van der Waals surface area contributed by atoms with Crippen LogP contribution >= 0.6 is 12.2 Å². The molecule has 4 rings (SSSR count). The molecular formula is C29H33FN2O2SSi. The van der Waals surface area contributed by atoms with Crippen molar-refractivity contribution in [2.45, 2.75) is 38.3 Å². The van der Waals surface area contributed by atoms with E-state index in [4.69, 9.17) is 16.6 Å². The van der Waals surface area contributed by atoms with Crippen molar-refractivity contribution in [2.24, 2.45) is 0 Å². The van der Waals surface area contributed by atoms with E-state index in [0.29, 0.717) is 18.1 Å². The lowest BCUT2D eigenvalue weighted by Gasteiger charge is -2.43. The van der Waals surface area contributed by atoms with E-state index in [1.54, 1.807) is 21.9 Å². The normalized spacial score (nSPS) is 15.5. The van der Waals surface area contributed by atoms with Crippen LogP contribution in [0.3, 0.4) is 0 Å². The van der Waals surface area contributed by atoms with Crippen LogP contribution in [0.25, 0.3) is 0 Å². The quantitative estimate of drug-likeness (QED) is 0.313. The number of hydrogen-bond acceptors (Lipinski definition) is 3. The molecular weight excluding hydrogens is 487 g/mol. The molecule has 0 aromatic heterocycles. The van der Waals surface area contributed by atoms with E-state index in [2.05, 4.69) is 69.3 Å². The molecule has 0 spiro atoms. The second-order valence-electron chi connectivity index (χ2n) is 10.3. The number of halogens is 1. The topological polar surface area (TPSA) is 32.8 Å². The van der Waals surface area contributed by atoms with Crippen LogP contribution < -0.4 is 10.4 Å². The van der Waals surface area contributed by atoms with Crippen LogP contribution in [0.2, 0.25) is 5.04 Å². The summed E-state index contributed by atoms with van der Waals surface area (Å²) >= 11 is 5.60. The Morgan fingerprint density at radius 3 is 1.92 bits per heavy atom. The number of rotatable bonds is 8. The van der Waals surface area contributed by atoms with E-state index in [0.717, 1.165) is 5.56 Å². The molecule has 188 valence electrons. The molecule has 0 bridgehead atoms. The maximum Gasteiger partial charge on any atom is 0.261 e. The summed E-state index contributed by atoms with van der Waals surface area (Å²) in [6.45, 7) is 7.39. The lowest BCUT2D eigenvalue weighted by atomic mass is 10.0. The molecule has 0 N–H and O–H groups in total. The van der Waals surface area contributed by atoms with Crippen molar-refractivity contribution >= 4 is 41.9 Å². The predicted molar refractivity (Wildman–Crippen MR) is 149 cm³/mol. The Kier molecular flexibility index (Phi) is 7.73. The Bertz CT molecular complexity index is 1160. The number of carbonyl (C=O) groups excluding carboxylic acids is 1. The zero-order valence-electron chi connectivity index (χ0n) is 21.3. The van der Waals surface area contributed by atoms with Gasteiger partial charge < -0.3 is 9.33 Å². The molecule has 1 amide bonds. The minimum Gasteiger partial charge on any atom is -0.407 e. The van der Waals surface area contributed by atoms with Crippen LogP contribution in [0.4, 0.5) is 4.39 Å². The van der Waals surface area contributed by atoms with Crippen LogP contribution in [-0.2, 0) is 9.22 Å². The van der Waals surface area contributed by atoms with Crippen LogP contribution in [-0.4, -0.2) is 49.3 Å². The first kappa shape index (κ1) is 26.2. The smallest absolute Gasteiger partial charge is 0.261 e. The summed E-state index contributed by atoms with van der Waals surface area (Å²) in [6, 6.07) is 26.9. The SMILES string of the molecule is CN1CC(=O)N(C(CCO[Si](c2ccccc2)(c2ccccc2)C(C)(C)C)c2ccc(F)cc2)C1=S. The fraction of sp³-hybridized carbons (Fsp3) is 0.310. The number of thiocarbonyl (C=S) groups is 1. The first-order chi connectivity index (χ1) is 17.1. The Labute approximate surface area is 219 Å². The van der Waals surface area contributed by atoms with E-state index >= 15 is 0 Å². The average molecular weight is 521 g/mol. The van der Waals surface area contributed by atoms with Crippen LogP contribution in [0, 0.1) is 5.82 Å². The molecule has 7 heteroatoms.